The van der Waals surface area contributed by atoms with Crippen molar-refractivity contribution >= 4 is 17.5 Å². The van der Waals surface area contributed by atoms with Crippen LogP contribution in [0.2, 0.25) is 0 Å². The van der Waals surface area contributed by atoms with E-state index in [0.29, 0.717) is 5.56 Å². The number of carbonyl (C=O) groups excluding carboxylic acids is 3. The number of benzene rings is 1. The van der Waals surface area contributed by atoms with Crippen LogP contribution in [0.15, 0.2) is 40.9 Å². The number of fused-ring (bicyclic) bond motifs is 3. The molecule has 0 saturated carbocycles. The summed E-state index contributed by atoms with van der Waals surface area (Å²) in [5.41, 5.74) is 2.86. The third kappa shape index (κ3) is 2.68. The fourth-order valence-corrected chi connectivity index (χ4v) is 6.01. The largest absolute Gasteiger partial charge is 0.510 e. The van der Waals surface area contributed by atoms with E-state index in [9.17, 15) is 34.8 Å². The first-order chi connectivity index (χ1) is 15.4. The summed E-state index contributed by atoms with van der Waals surface area (Å²) in [6, 6.07) is 3.51. The SMILES string of the molecule is CN[C@@]12C(=O)C(C(N)=O)=C(O)[C@@H](N(C)C)[C@H]1[C@H](O)[C@H]1C(=C2O)C(=O)c2c(O)cccc2[C@@H]1C. The van der Waals surface area contributed by atoms with E-state index < -0.39 is 70.0 Å². The lowest BCUT2D eigenvalue weighted by atomic mass is 9.54. The van der Waals surface area contributed by atoms with Gasteiger partial charge in [-0.3, -0.25) is 19.3 Å². The third-order valence-corrected chi connectivity index (χ3v) is 7.43. The number of likely N-dealkylation sites (N-methyl/N-ethyl adjacent to an activating group) is 2. The fraction of sp³-hybridized carbons (Fsp3) is 0.435. The Hall–Kier alpha value is -3.21. The summed E-state index contributed by atoms with van der Waals surface area (Å²) in [4.78, 5) is 40.8. The molecule has 1 aromatic carbocycles. The highest BCUT2D eigenvalue weighted by Crippen LogP contribution is 2.55. The minimum Gasteiger partial charge on any atom is -0.510 e. The number of primary amides is 1. The topological polar surface area (TPSA) is 173 Å². The second kappa shape index (κ2) is 7.41. The molecule has 0 bridgehead atoms. The Morgan fingerprint density at radius 2 is 1.82 bits per heavy atom. The van der Waals surface area contributed by atoms with E-state index in [1.165, 1.54) is 18.0 Å². The molecule has 33 heavy (non-hydrogen) atoms. The Balaban J connectivity index is 2.10. The number of hydrogen-bond acceptors (Lipinski definition) is 9. The van der Waals surface area contributed by atoms with Crippen LogP contribution in [0.1, 0.15) is 28.8 Å². The highest BCUT2D eigenvalue weighted by Gasteiger charge is 2.67. The van der Waals surface area contributed by atoms with E-state index in [0.717, 1.165) is 0 Å². The fourth-order valence-electron chi connectivity index (χ4n) is 6.01. The standard InChI is InChI=1S/C23H27N3O7/c1-8-9-6-5-7-10(27)12(9)17(28)13-11(8)18(29)15-16(26(3)4)19(30)14(22(24)33)21(32)23(15,25-2)20(13)31/h5-8,11,15-16,18,25,27,29-31H,1-4H3,(H2,24,33)/t8-,11+,15-,16-,18+,23-/m0/s1. The number of nitrogens with zero attached hydrogens (tertiary/aromatic N) is 1. The van der Waals surface area contributed by atoms with E-state index in [2.05, 4.69) is 5.32 Å². The van der Waals surface area contributed by atoms with Crippen LogP contribution < -0.4 is 11.1 Å². The van der Waals surface area contributed by atoms with E-state index in [4.69, 9.17) is 5.73 Å². The number of phenolic OH excluding ortho intramolecular Hbond substituents is 1. The van der Waals surface area contributed by atoms with Crippen LogP contribution >= 0.6 is 0 Å². The Bertz CT molecular complexity index is 1150. The molecule has 0 spiro atoms. The van der Waals surface area contributed by atoms with Gasteiger partial charge in [0.15, 0.2) is 11.6 Å². The Kier molecular flexibility index (Phi) is 5.15. The predicted octanol–water partition coefficient (Wildman–Crippen LogP) is -0.120. The highest BCUT2D eigenvalue weighted by molar-refractivity contribution is 6.25. The molecule has 0 heterocycles. The first kappa shape index (κ1) is 23.0. The van der Waals surface area contributed by atoms with Gasteiger partial charge in [0.1, 0.15) is 28.4 Å². The molecule has 3 aliphatic rings. The van der Waals surface area contributed by atoms with Crippen LogP contribution in [-0.2, 0) is 9.59 Å². The van der Waals surface area contributed by atoms with Crippen LogP contribution in [-0.4, -0.2) is 81.6 Å². The Morgan fingerprint density at radius 3 is 2.36 bits per heavy atom. The number of nitrogens with two attached hydrogens (primary N) is 1. The van der Waals surface area contributed by atoms with Crippen LogP contribution in [0.25, 0.3) is 0 Å². The lowest BCUT2D eigenvalue weighted by Crippen LogP contribution is -2.73. The number of aliphatic hydroxyl groups excluding tert-OH is 3. The number of rotatable bonds is 3. The minimum absolute atomic E-state index is 0.0133. The van der Waals surface area contributed by atoms with Gasteiger partial charge in [-0.05, 0) is 38.7 Å². The summed E-state index contributed by atoms with van der Waals surface area (Å²) in [6.07, 6.45) is -1.40. The molecule has 1 aromatic rings. The molecule has 0 saturated heterocycles. The molecule has 0 aromatic heterocycles. The molecular weight excluding hydrogens is 430 g/mol. The van der Waals surface area contributed by atoms with Gasteiger partial charge in [0.05, 0.1) is 17.7 Å². The van der Waals surface area contributed by atoms with Crippen molar-refractivity contribution in [1.82, 2.24) is 10.2 Å². The number of amides is 1. The number of hydrogen-bond donors (Lipinski definition) is 6. The second-order valence-corrected chi connectivity index (χ2v) is 9.08. The number of phenols is 1. The van der Waals surface area contributed by atoms with Gasteiger partial charge in [-0.2, -0.15) is 0 Å². The van der Waals surface area contributed by atoms with Crippen molar-refractivity contribution in [3.63, 3.8) is 0 Å². The smallest absolute Gasteiger partial charge is 0.255 e. The number of Topliss-reactive ketones (excluding diaryl/α,β-unsaturated/α-hetero) is 2. The summed E-state index contributed by atoms with van der Waals surface area (Å²) in [7, 11) is 4.52. The van der Waals surface area contributed by atoms with Crippen LogP contribution in [0, 0.1) is 11.8 Å². The molecule has 4 rings (SSSR count). The van der Waals surface area contributed by atoms with Gasteiger partial charge in [-0.1, -0.05) is 19.1 Å². The molecule has 10 nitrogen and oxygen atoms in total. The van der Waals surface area contributed by atoms with Gasteiger partial charge < -0.3 is 31.5 Å². The van der Waals surface area contributed by atoms with Crippen molar-refractivity contribution in [2.75, 3.05) is 21.1 Å². The number of aromatic hydroxyl groups is 1. The van der Waals surface area contributed by atoms with Crippen LogP contribution in [0.4, 0.5) is 0 Å². The van der Waals surface area contributed by atoms with Crippen molar-refractivity contribution in [3.8, 4) is 5.75 Å². The average molecular weight is 457 g/mol. The van der Waals surface area contributed by atoms with Gasteiger partial charge in [-0.25, -0.2) is 0 Å². The van der Waals surface area contributed by atoms with Crippen LogP contribution in [0.3, 0.4) is 0 Å². The second-order valence-electron chi connectivity index (χ2n) is 9.08. The van der Waals surface area contributed by atoms with Gasteiger partial charge in [0.2, 0.25) is 0 Å². The Morgan fingerprint density at radius 1 is 1.18 bits per heavy atom. The summed E-state index contributed by atoms with van der Waals surface area (Å²) in [5, 5.41) is 47.2. The molecule has 0 aliphatic heterocycles. The van der Waals surface area contributed by atoms with E-state index in [1.807, 2.05) is 0 Å². The molecule has 7 N–H and O–H groups in total. The summed E-state index contributed by atoms with van der Waals surface area (Å²) in [6.45, 7) is 1.75. The average Bonchev–Trinajstić information content (AvgIpc) is 2.73. The van der Waals surface area contributed by atoms with E-state index in [-0.39, 0.29) is 16.9 Å². The number of nitrogens with one attached hydrogen (secondary N) is 1. The monoisotopic (exact) mass is 457 g/mol. The van der Waals surface area contributed by atoms with Gasteiger partial charge in [0, 0.05) is 17.4 Å². The molecule has 1 amide bonds. The van der Waals surface area contributed by atoms with Gasteiger partial charge >= 0.3 is 0 Å². The normalized spacial score (nSPS) is 33.7. The first-order valence-electron chi connectivity index (χ1n) is 10.5. The predicted molar refractivity (Wildman–Crippen MR) is 117 cm³/mol. The molecule has 0 unspecified atom stereocenters. The van der Waals surface area contributed by atoms with E-state index >= 15 is 0 Å². The van der Waals surface area contributed by atoms with Crippen LogP contribution in [0.5, 0.6) is 5.75 Å². The van der Waals surface area contributed by atoms with Gasteiger partial charge in [-0.15, -0.1) is 0 Å². The molecule has 0 radical (unpaired) electrons. The highest BCUT2D eigenvalue weighted by atomic mass is 16.3. The van der Waals surface area contributed by atoms with Gasteiger partial charge in [0.25, 0.3) is 5.91 Å². The maximum absolute atomic E-state index is 13.6. The summed E-state index contributed by atoms with van der Waals surface area (Å²) >= 11 is 0. The third-order valence-electron chi connectivity index (χ3n) is 7.43. The summed E-state index contributed by atoms with van der Waals surface area (Å²) < 4.78 is 0. The lowest BCUT2D eigenvalue weighted by molar-refractivity contribution is -0.136. The lowest BCUT2D eigenvalue weighted by Gasteiger charge is -2.55. The minimum atomic E-state index is -2.10. The molecule has 0 fully saturated rings. The zero-order chi connectivity index (χ0) is 24.6. The molecule has 3 aliphatic carbocycles. The Labute approximate surface area is 190 Å². The molecule has 10 heteroatoms. The molecule has 6 atom stereocenters. The maximum Gasteiger partial charge on any atom is 0.255 e. The van der Waals surface area contributed by atoms with Crippen molar-refractivity contribution < 1.29 is 34.8 Å². The molecular formula is C23H27N3O7. The quantitative estimate of drug-likeness (QED) is 0.338. The first-order valence-corrected chi connectivity index (χ1v) is 10.5. The number of aliphatic hydroxyl groups is 3. The van der Waals surface area contributed by atoms with Crippen molar-refractivity contribution in [3.05, 3.63) is 52.0 Å². The van der Waals surface area contributed by atoms with Crippen molar-refractivity contribution in [2.24, 2.45) is 17.6 Å². The molecule has 176 valence electrons. The summed E-state index contributed by atoms with van der Waals surface area (Å²) in [5.74, 6) is -7.11. The van der Waals surface area contributed by atoms with E-state index in [1.54, 1.807) is 33.2 Å². The number of carbonyl (C=O) groups is 3. The zero-order valence-corrected chi connectivity index (χ0v) is 18.7. The zero-order valence-electron chi connectivity index (χ0n) is 18.7. The maximum atomic E-state index is 13.6. The number of ketones is 2. The van der Waals surface area contributed by atoms with Crippen molar-refractivity contribution in [2.45, 2.75) is 30.5 Å². The van der Waals surface area contributed by atoms with Crippen molar-refractivity contribution in [1.29, 1.82) is 0 Å².